The standard InChI is InChI=1S/C10H7N3O/c14-9-2-1-7-5-11-6-13-4-3-8(12-9)10(7)13/h1-6H,(H,12,14). The van der Waals surface area contributed by atoms with Crippen molar-refractivity contribution in [1.29, 1.82) is 0 Å². The monoisotopic (exact) mass is 185 g/mol. The molecule has 4 nitrogen and oxygen atoms in total. The Kier molecular flexibility index (Phi) is 1.28. The molecule has 0 aromatic carbocycles. The molecule has 68 valence electrons. The lowest BCUT2D eigenvalue weighted by molar-refractivity contribution is -0.111. The molecule has 0 aliphatic carbocycles. The molecule has 0 saturated carbocycles. The molecule has 2 aromatic rings. The molecular weight excluding hydrogens is 178 g/mol. The van der Waals surface area contributed by atoms with Crippen LogP contribution in [-0.4, -0.2) is 15.3 Å². The van der Waals surface area contributed by atoms with Crippen LogP contribution in [0.25, 0.3) is 11.6 Å². The van der Waals surface area contributed by atoms with Crippen molar-refractivity contribution in [3.8, 4) is 0 Å². The van der Waals surface area contributed by atoms with Crippen molar-refractivity contribution in [3.05, 3.63) is 36.4 Å². The fourth-order valence-electron chi connectivity index (χ4n) is 1.66. The number of amides is 1. The summed E-state index contributed by atoms with van der Waals surface area (Å²) >= 11 is 0. The molecule has 14 heavy (non-hydrogen) atoms. The van der Waals surface area contributed by atoms with Crippen LogP contribution in [0.2, 0.25) is 0 Å². The first kappa shape index (κ1) is 7.32. The van der Waals surface area contributed by atoms with E-state index in [0.29, 0.717) is 0 Å². The first-order valence-electron chi connectivity index (χ1n) is 4.28. The summed E-state index contributed by atoms with van der Waals surface area (Å²) in [7, 11) is 0. The summed E-state index contributed by atoms with van der Waals surface area (Å²) in [4.78, 5) is 15.3. The highest BCUT2D eigenvalue weighted by Crippen LogP contribution is 2.24. The van der Waals surface area contributed by atoms with E-state index in [1.165, 1.54) is 6.08 Å². The third kappa shape index (κ3) is 0.877. The maximum atomic E-state index is 11.3. The summed E-state index contributed by atoms with van der Waals surface area (Å²) in [6.07, 6.45) is 8.62. The molecule has 1 aliphatic rings. The van der Waals surface area contributed by atoms with E-state index in [1.54, 1.807) is 18.6 Å². The van der Waals surface area contributed by atoms with Gasteiger partial charge in [0.1, 0.15) is 0 Å². The van der Waals surface area contributed by atoms with Crippen molar-refractivity contribution in [1.82, 2.24) is 9.38 Å². The number of rotatable bonds is 0. The van der Waals surface area contributed by atoms with E-state index in [9.17, 15) is 4.79 Å². The van der Waals surface area contributed by atoms with Crippen LogP contribution in [-0.2, 0) is 4.79 Å². The average Bonchev–Trinajstić information content (AvgIpc) is 2.51. The van der Waals surface area contributed by atoms with Crippen molar-refractivity contribution in [3.63, 3.8) is 0 Å². The van der Waals surface area contributed by atoms with Gasteiger partial charge in [0.15, 0.2) is 0 Å². The van der Waals surface area contributed by atoms with Gasteiger partial charge in [-0.15, -0.1) is 0 Å². The SMILES string of the molecule is O=C1C=Cc2cncn3ccc(c23)N1. The molecule has 2 aromatic heterocycles. The smallest absolute Gasteiger partial charge is 0.248 e. The van der Waals surface area contributed by atoms with Crippen molar-refractivity contribution in [2.24, 2.45) is 0 Å². The molecule has 0 saturated heterocycles. The summed E-state index contributed by atoms with van der Waals surface area (Å²) in [5.41, 5.74) is 2.77. The van der Waals surface area contributed by atoms with Crippen molar-refractivity contribution < 1.29 is 4.79 Å². The second kappa shape index (κ2) is 2.45. The van der Waals surface area contributed by atoms with Crippen LogP contribution in [0.15, 0.2) is 30.9 Å². The third-order valence-corrected chi connectivity index (χ3v) is 2.27. The van der Waals surface area contributed by atoms with Gasteiger partial charge in [-0.25, -0.2) is 4.98 Å². The topological polar surface area (TPSA) is 46.4 Å². The summed E-state index contributed by atoms with van der Waals surface area (Å²) in [5, 5.41) is 2.79. The Morgan fingerprint density at radius 3 is 3.21 bits per heavy atom. The predicted molar refractivity (Wildman–Crippen MR) is 52.9 cm³/mol. The molecule has 0 unspecified atom stereocenters. The summed E-state index contributed by atoms with van der Waals surface area (Å²) in [5.74, 6) is -0.102. The van der Waals surface area contributed by atoms with Gasteiger partial charge in [-0.2, -0.15) is 0 Å². The van der Waals surface area contributed by atoms with Gasteiger partial charge in [0.2, 0.25) is 5.91 Å². The number of aromatic nitrogens is 2. The van der Waals surface area contributed by atoms with E-state index in [-0.39, 0.29) is 5.91 Å². The number of nitrogens with one attached hydrogen (secondary N) is 1. The van der Waals surface area contributed by atoms with Crippen molar-refractivity contribution in [2.75, 3.05) is 5.32 Å². The van der Waals surface area contributed by atoms with Crippen LogP contribution in [0.1, 0.15) is 5.56 Å². The quantitative estimate of drug-likeness (QED) is 0.672. The van der Waals surface area contributed by atoms with Crippen LogP contribution in [0.3, 0.4) is 0 Å². The Bertz CT molecular complexity index is 553. The number of carbonyl (C=O) groups is 1. The summed E-state index contributed by atoms with van der Waals surface area (Å²) in [6.45, 7) is 0. The lowest BCUT2D eigenvalue weighted by Gasteiger charge is -2.00. The minimum atomic E-state index is -0.102. The number of carbonyl (C=O) groups excluding carboxylic acids is 1. The van der Waals surface area contributed by atoms with E-state index < -0.39 is 0 Å². The van der Waals surface area contributed by atoms with E-state index in [1.807, 2.05) is 16.7 Å². The van der Waals surface area contributed by atoms with E-state index in [0.717, 1.165) is 16.8 Å². The van der Waals surface area contributed by atoms with Gasteiger partial charge in [-0.3, -0.25) is 4.79 Å². The molecule has 1 N–H and O–H groups in total. The highest BCUT2D eigenvalue weighted by molar-refractivity contribution is 6.08. The Hall–Kier alpha value is -2.10. The molecule has 0 radical (unpaired) electrons. The largest absolute Gasteiger partial charge is 0.321 e. The minimum Gasteiger partial charge on any atom is -0.321 e. The second-order valence-corrected chi connectivity index (χ2v) is 3.16. The van der Waals surface area contributed by atoms with Gasteiger partial charge in [-0.05, 0) is 12.1 Å². The second-order valence-electron chi connectivity index (χ2n) is 3.16. The Morgan fingerprint density at radius 1 is 1.36 bits per heavy atom. The maximum Gasteiger partial charge on any atom is 0.248 e. The Morgan fingerprint density at radius 2 is 2.29 bits per heavy atom. The summed E-state index contributed by atoms with van der Waals surface area (Å²) in [6, 6.07) is 1.87. The first-order chi connectivity index (χ1) is 6.84. The van der Waals surface area contributed by atoms with Gasteiger partial charge in [0, 0.05) is 24.0 Å². The molecule has 1 aliphatic heterocycles. The third-order valence-electron chi connectivity index (χ3n) is 2.27. The summed E-state index contributed by atoms with van der Waals surface area (Å²) < 4.78 is 1.89. The molecule has 0 atom stereocenters. The molecule has 1 amide bonds. The van der Waals surface area contributed by atoms with Crippen LogP contribution < -0.4 is 5.32 Å². The van der Waals surface area contributed by atoms with Gasteiger partial charge < -0.3 is 9.72 Å². The average molecular weight is 185 g/mol. The van der Waals surface area contributed by atoms with Gasteiger partial charge in [0.05, 0.1) is 17.5 Å². The van der Waals surface area contributed by atoms with E-state index in [2.05, 4.69) is 10.3 Å². The van der Waals surface area contributed by atoms with Gasteiger partial charge in [0.25, 0.3) is 0 Å². The van der Waals surface area contributed by atoms with Crippen LogP contribution in [0.4, 0.5) is 5.69 Å². The van der Waals surface area contributed by atoms with Gasteiger partial charge in [-0.1, -0.05) is 0 Å². The zero-order valence-electron chi connectivity index (χ0n) is 7.27. The fourth-order valence-corrected chi connectivity index (χ4v) is 1.66. The number of nitrogens with zero attached hydrogens (tertiary/aromatic N) is 2. The highest BCUT2D eigenvalue weighted by atomic mass is 16.1. The number of hydrogen-bond donors (Lipinski definition) is 1. The lowest BCUT2D eigenvalue weighted by Crippen LogP contribution is -2.05. The predicted octanol–water partition coefficient (Wildman–Crippen LogP) is 1.30. The molecule has 3 rings (SSSR count). The van der Waals surface area contributed by atoms with E-state index >= 15 is 0 Å². The molecule has 0 fully saturated rings. The molecule has 0 bridgehead atoms. The van der Waals surface area contributed by atoms with Crippen molar-refractivity contribution in [2.45, 2.75) is 0 Å². The van der Waals surface area contributed by atoms with Crippen LogP contribution in [0.5, 0.6) is 0 Å². The zero-order chi connectivity index (χ0) is 9.54. The number of anilines is 1. The normalized spacial score (nSPS) is 14.1. The molecule has 0 spiro atoms. The molecule has 3 heterocycles. The minimum absolute atomic E-state index is 0.102. The number of hydrogen-bond acceptors (Lipinski definition) is 2. The van der Waals surface area contributed by atoms with E-state index in [4.69, 9.17) is 0 Å². The van der Waals surface area contributed by atoms with Crippen LogP contribution >= 0.6 is 0 Å². The molecule has 4 heteroatoms. The van der Waals surface area contributed by atoms with Gasteiger partial charge >= 0.3 is 0 Å². The zero-order valence-corrected chi connectivity index (χ0v) is 7.27. The van der Waals surface area contributed by atoms with Crippen molar-refractivity contribution >= 4 is 23.2 Å². The first-order valence-corrected chi connectivity index (χ1v) is 4.28. The lowest BCUT2D eigenvalue weighted by atomic mass is 10.2. The fraction of sp³-hybridized carbons (Fsp3) is 0. The van der Waals surface area contributed by atoms with Crippen LogP contribution in [0, 0.1) is 0 Å². The maximum absolute atomic E-state index is 11.3. The Balaban J connectivity index is 2.45. The highest BCUT2D eigenvalue weighted by Gasteiger charge is 2.11. The molecular formula is C10H7N3O. The Labute approximate surface area is 79.9 Å².